The largest absolute Gasteiger partial charge is 0.497 e. The second kappa shape index (κ2) is 8.61. The molecule has 1 aromatic heterocycles. The van der Waals surface area contributed by atoms with Gasteiger partial charge in [-0.15, -0.1) is 0 Å². The number of aromatic amines is 1. The second-order valence-corrected chi connectivity index (χ2v) is 6.81. The van der Waals surface area contributed by atoms with E-state index in [1.165, 1.54) is 6.08 Å². The third-order valence-corrected chi connectivity index (χ3v) is 4.52. The second-order valence-electron chi connectivity index (χ2n) is 6.81. The Kier molecular flexibility index (Phi) is 5.99. The first-order chi connectivity index (χ1) is 13.5. The fourth-order valence-electron chi connectivity index (χ4n) is 3.01. The summed E-state index contributed by atoms with van der Waals surface area (Å²) < 4.78 is 10.6. The molecule has 3 aromatic rings. The molecule has 6 nitrogen and oxygen atoms in total. The van der Waals surface area contributed by atoms with Crippen LogP contribution in [0.25, 0.3) is 17.1 Å². The predicted octanol–water partition coefficient (Wildman–Crippen LogP) is 4.11. The molecule has 0 saturated heterocycles. The third kappa shape index (κ3) is 4.34. The average Bonchev–Trinajstić information content (AvgIpc) is 3.13. The number of nitrogens with one attached hydrogen (secondary N) is 2. The number of fused-ring (bicyclic) bond motifs is 1. The molecule has 0 aliphatic heterocycles. The third-order valence-electron chi connectivity index (χ3n) is 4.52. The predicted molar refractivity (Wildman–Crippen MR) is 110 cm³/mol. The number of para-hydroxylation sites is 2. The van der Waals surface area contributed by atoms with Crippen molar-refractivity contribution in [3.05, 3.63) is 59.9 Å². The highest BCUT2D eigenvalue weighted by molar-refractivity contribution is 5.92. The summed E-state index contributed by atoms with van der Waals surface area (Å²) in [5.74, 6) is 2.08. The molecule has 0 saturated carbocycles. The molecule has 6 heteroatoms. The summed E-state index contributed by atoms with van der Waals surface area (Å²) in [6.07, 6.45) is 3.21. The molecule has 1 unspecified atom stereocenters. The van der Waals surface area contributed by atoms with E-state index in [0.717, 1.165) is 22.4 Å². The van der Waals surface area contributed by atoms with Crippen LogP contribution < -0.4 is 14.8 Å². The van der Waals surface area contributed by atoms with E-state index in [0.29, 0.717) is 11.5 Å². The normalized spacial score (nSPS) is 12.5. The first-order valence-corrected chi connectivity index (χ1v) is 9.17. The van der Waals surface area contributed by atoms with Gasteiger partial charge in [-0.2, -0.15) is 0 Å². The highest BCUT2D eigenvalue weighted by Crippen LogP contribution is 2.25. The van der Waals surface area contributed by atoms with Gasteiger partial charge in [-0.1, -0.05) is 26.0 Å². The van der Waals surface area contributed by atoms with Crippen LogP contribution in [-0.2, 0) is 4.79 Å². The van der Waals surface area contributed by atoms with Crippen molar-refractivity contribution < 1.29 is 14.3 Å². The van der Waals surface area contributed by atoms with E-state index in [2.05, 4.69) is 15.3 Å². The molecular formula is C22H25N3O3. The fraction of sp³-hybridized carbons (Fsp3) is 0.273. The highest BCUT2D eigenvalue weighted by Gasteiger charge is 2.21. The molecule has 3 rings (SSSR count). The van der Waals surface area contributed by atoms with Crippen molar-refractivity contribution in [2.24, 2.45) is 5.92 Å². The van der Waals surface area contributed by atoms with Crippen LogP contribution in [0.5, 0.6) is 11.5 Å². The van der Waals surface area contributed by atoms with Crippen LogP contribution in [0.15, 0.2) is 48.5 Å². The number of H-pyrrole nitrogens is 1. The average molecular weight is 379 g/mol. The lowest BCUT2D eigenvalue weighted by Gasteiger charge is -2.19. The summed E-state index contributed by atoms with van der Waals surface area (Å²) in [5.41, 5.74) is 2.60. The number of rotatable bonds is 7. The number of nitrogens with zero attached hydrogens (tertiary/aromatic N) is 1. The van der Waals surface area contributed by atoms with Gasteiger partial charge in [-0.25, -0.2) is 4.98 Å². The van der Waals surface area contributed by atoms with Crippen molar-refractivity contribution in [3.63, 3.8) is 0 Å². The molecule has 1 atom stereocenters. The topological polar surface area (TPSA) is 76.2 Å². The summed E-state index contributed by atoms with van der Waals surface area (Å²) in [5, 5.41) is 3.04. The lowest BCUT2D eigenvalue weighted by molar-refractivity contribution is -0.117. The number of imidazole rings is 1. The molecule has 0 aliphatic rings. The van der Waals surface area contributed by atoms with Gasteiger partial charge in [0.1, 0.15) is 17.3 Å². The van der Waals surface area contributed by atoms with Gasteiger partial charge in [0.15, 0.2) is 0 Å². The van der Waals surface area contributed by atoms with Gasteiger partial charge in [-0.05, 0) is 42.3 Å². The Morgan fingerprint density at radius 1 is 1.14 bits per heavy atom. The Balaban J connectivity index is 1.79. The summed E-state index contributed by atoms with van der Waals surface area (Å²) in [6.45, 7) is 4.10. The van der Waals surface area contributed by atoms with E-state index in [9.17, 15) is 4.79 Å². The number of ether oxygens (including phenoxy) is 2. The van der Waals surface area contributed by atoms with Crippen molar-refractivity contribution >= 4 is 23.0 Å². The summed E-state index contributed by atoms with van der Waals surface area (Å²) >= 11 is 0. The van der Waals surface area contributed by atoms with E-state index in [1.54, 1.807) is 20.3 Å². The van der Waals surface area contributed by atoms with Crippen LogP contribution in [0.2, 0.25) is 0 Å². The minimum absolute atomic E-state index is 0.171. The molecular weight excluding hydrogens is 354 g/mol. The molecule has 0 radical (unpaired) electrons. The molecule has 28 heavy (non-hydrogen) atoms. The maximum atomic E-state index is 12.6. The SMILES string of the molecule is COc1ccc(OC)c(/C=C/C(=O)NC(c2nc3ccccc3[nH]2)C(C)C)c1. The number of carbonyl (C=O) groups excluding carboxylic acids is 1. The summed E-state index contributed by atoms with van der Waals surface area (Å²) in [6, 6.07) is 13.0. The zero-order valence-electron chi connectivity index (χ0n) is 16.5. The maximum absolute atomic E-state index is 12.6. The molecule has 146 valence electrons. The zero-order valence-corrected chi connectivity index (χ0v) is 16.5. The van der Waals surface area contributed by atoms with E-state index in [4.69, 9.17) is 9.47 Å². The molecule has 0 spiro atoms. The monoisotopic (exact) mass is 379 g/mol. The van der Waals surface area contributed by atoms with Crippen LogP contribution >= 0.6 is 0 Å². The van der Waals surface area contributed by atoms with Crippen molar-refractivity contribution in [1.82, 2.24) is 15.3 Å². The van der Waals surface area contributed by atoms with Crippen molar-refractivity contribution in [2.45, 2.75) is 19.9 Å². The van der Waals surface area contributed by atoms with E-state index in [-0.39, 0.29) is 17.9 Å². The van der Waals surface area contributed by atoms with Gasteiger partial charge in [0.2, 0.25) is 5.91 Å². The molecule has 1 amide bonds. The highest BCUT2D eigenvalue weighted by atomic mass is 16.5. The number of aromatic nitrogens is 2. The number of hydrogen-bond acceptors (Lipinski definition) is 4. The van der Waals surface area contributed by atoms with Crippen molar-refractivity contribution in [3.8, 4) is 11.5 Å². The molecule has 2 N–H and O–H groups in total. The maximum Gasteiger partial charge on any atom is 0.244 e. The van der Waals surface area contributed by atoms with Crippen LogP contribution in [0, 0.1) is 5.92 Å². The first-order valence-electron chi connectivity index (χ1n) is 9.17. The van der Waals surface area contributed by atoms with Gasteiger partial charge in [-0.3, -0.25) is 4.79 Å². The minimum atomic E-state index is -0.225. The standard InChI is InChI=1S/C22H25N3O3/c1-14(2)21(22-23-17-7-5-6-8-18(17)24-22)25-20(26)12-9-15-13-16(27-3)10-11-19(15)28-4/h5-14,21H,1-4H3,(H,23,24)(H,25,26)/b12-9+. The Morgan fingerprint density at radius 3 is 2.61 bits per heavy atom. The van der Waals surface area contributed by atoms with E-state index >= 15 is 0 Å². The molecule has 2 aromatic carbocycles. The summed E-state index contributed by atoms with van der Waals surface area (Å²) in [7, 11) is 3.19. The van der Waals surface area contributed by atoms with Gasteiger partial charge >= 0.3 is 0 Å². The minimum Gasteiger partial charge on any atom is -0.497 e. The number of hydrogen-bond donors (Lipinski definition) is 2. The molecule has 0 bridgehead atoms. The Morgan fingerprint density at radius 2 is 1.93 bits per heavy atom. The van der Waals surface area contributed by atoms with Gasteiger partial charge < -0.3 is 19.8 Å². The smallest absolute Gasteiger partial charge is 0.244 e. The summed E-state index contributed by atoms with van der Waals surface area (Å²) in [4.78, 5) is 20.5. The van der Waals surface area contributed by atoms with E-state index in [1.807, 2.05) is 56.3 Å². The molecule has 0 aliphatic carbocycles. The van der Waals surface area contributed by atoms with Crippen LogP contribution in [0.3, 0.4) is 0 Å². The zero-order chi connectivity index (χ0) is 20.1. The van der Waals surface area contributed by atoms with E-state index < -0.39 is 0 Å². The van der Waals surface area contributed by atoms with Crippen LogP contribution in [0.4, 0.5) is 0 Å². The number of carbonyl (C=O) groups is 1. The molecule has 0 fully saturated rings. The lowest BCUT2D eigenvalue weighted by atomic mass is 10.0. The van der Waals surface area contributed by atoms with Crippen molar-refractivity contribution in [2.75, 3.05) is 14.2 Å². The van der Waals surface area contributed by atoms with Crippen LogP contribution in [-0.4, -0.2) is 30.1 Å². The quantitative estimate of drug-likeness (QED) is 0.606. The van der Waals surface area contributed by atoms with Crippen molar-refractivity contribution in [1.29, 1.82) is 0 Å². The number of amides is 1. The Bertz CT molecular complexity index is 959. The fourth-order valence-corrected chi connectivity index (χ4v) is 3.01. The van der Waals surface area contributed by atoms with Gasteiger partial charge in [0, 0.05) is 11.6 Å². The first kappa shape index (κ1) is 19.5. The van der Waals surface area contributed by atoms with Crippen LogP contribution in [0.1, 0.15) is 31.3 Å². The van der Waals surface area contributed by atoms with Gasteiger partial charge in [0.25, 0.3) is 0 Å². The number of benzene rings is 2. The molecule has 1 heterocycles. The Labute approximate surface area is 164 Å². The van der Waals surface area contributed by atoms with Gasteiger partial charge in [0.05, 0.1) is 31.3 Å². The number of methoxy groups -OCH3 is 2. The Hall–Kier alpha value is -3.28. The lowest BCUT2D eigenvalue weighted by Crippen LogP contribution is -2.31.